The van der Waals surface area contributed by atoms with Crippen LogP contribution in [0.1, 0.15) is 5.56 Å². The van der Waals surface area contributed by atoms with E-state index in [-0.39, 0.29) is 6.10 Å². The van der Waals surface area contributed by atoms with Crippen molar-refractivity contribution in [3.05, 3.63) is 29.8 Å². The summed E-state index contributed by atoms with van der Waals surface area (Å²) in [5, 5.41) is 22.6. The molecule has 3 rings (SSSR count). The number of aryl methyl sites for hydroxylation is 1. The number of nitrogens with one attached hydrogen (secondary N) is 2. The van der Waals surface area contributed by atoms with Crippen LogP contribution in [0, 0.1) is 6.92 Å². The number of hydrogen-bond acceptors (Lipinski definition) is 7. The van der Waals surface area contributed by atoms with Crippen molar-refractivity contribution in [2.45, 2.75) is 17.4 Å². The molecular formula is C16H23N4O2S2+. The van der Waals surface area contributed by atoms with Crippen LogP contribution in [0.2, 0.25) is 0 Å². The van der Waals surface area contributed by atoms with Crippen LogP contribution in [0.4, 0.5) is 10.8 Å². The molecule has 2 aromatic rings. The van der Waals surface area contributed by atoms with Crippen molar-refractivity contribution in [2.75, 3.05) is 43.9 Å². The molecule has 1 aromatic carbocycles. The second kappa shape index (κ2) is 8.77. The predicted octanol–water partition coefficient (Wildman–Crippen LogP) is 0.958. The van der Waals surface area contributed by atoms with E-state index in [4.69, 9.17) is 4.74 Å². The van der Waals surface area contributed by atoms with E-state index in [0.717, 1.165) is 48.0 Å². The second-order valence-corrected chi connectivity index (χ2v) is 8.14. The molecule has 3 N–H and O–H groups in total. The number of quaternary nitrogens is 1. The molecule has 1 atom stereocenters. The van der Waals surface area contributed by atoms with Gasteiger partial charge in [-0.2, -0.15) is 0 Å². The van der Waals surface area contributed by atoms with E-state index in [1.807, 2.05) is 12.1 Å². The molecule has 0 radical (unpaired) electrons. The van der Waals surface area contributed by atoms with Gasteiger partial charge in [0, 0.05) is 11.4 Å². The van der Waals surface area contributed by atoms with Gasteiger partial charge in [-0.25, -0.2) is 0 Å². The molecule has 0 saturated carbocycles. The van der Waals surface area contributed by atoms with E-state index in [2.05, 4.69) is 34.6 Å². The first-order valence-electron chi connectivity index (χ1n) is 8.08. The number of hydrogen-bond donors (Lipinski definition) is 3. The average molecular weight is 368 g/mol. The highest BCUT2D eigenvalue weighted by Crippen LogP contribution is 2.28. The molecular weight excluding hydrogens is 344 g/mol. The number of anilines is 2. The Morgan fingerprint density at radius 1 is 1.29 bits per heavy atom. The minimum atomic E-state index is -0.333. The van der Waals surface area contributed by atoms with Crippen molar-refractivity contribution in [1.29, 1.82) is 0 Å². The minimum absolute atomic E-state index is 0.333. The summed E-state index contributed by atoms with van der Waals surface area (Å²) in [5.74, 6) is 0.642. The number of aliphatic hydroxyl groups excluding tert-OH is 1. The zero-order chi connectivity index (χ0) is 16.8. The van der Waals surface area contributed by atoms with Crippen LogP contribution in [-0.4, -0.2) is 60.0 Å². The lowest BCUT2D eigenvalue weighted by Crippen LogP contribution is -3.15. The maximum atomic E-state index is 10.2. The highest BCUT2D eigenvalue weighted by molar-refractivity contribution is 8.01. The van der Waals surface area contributed by atoms with Gasteiger partial charge in [-0.05, 0) is 19.1 Å². The summed E-state index contributed by atoms with van der Waals surface area (Å²) in [4.78, 5) is 1.41. The van der Waals surface area contributed by atoms with Gasteiger partial charge < -0.3 is 20.1 Å². The van der Waals surface area contributed by atoms with Gasteiger partial charge in [0.25, 0.3) is 0 Å². The zero-order valence-corrected chi connectivity index (χ0v) is 15.3. The third-order valence-electron chi connectivity index (χ3n) is 3.83. The molecule has 1 saturated heterocycles. The van der Waals surface area contributed by atoms with Crippen LogP contribution in [0.3, 0.4) is 0 Å². The summed E-state index contributed by atoms with van der Waals surface area (Å²) in [6.45, 7) is 6.37. The molecule has 1 aliphatic rings. The van der Waals surface area contributed by atoms with Crippen LogP contribution in [0.5, 0.6) is 0 Å². The van der Waals surface area contributed by atoms with Gasteiger partial charge in [0.15, 0.2) is 4.34 Å². The SMILES string of the molecule is Cc1ccc(Nc2nnc(SC[C@H](O)C[NH+]3CCOCC3)s2)cc1. The van der Waals surface area contributed by atoms with Gasteiger partial charge in [0.1, 0.15) is 25.7 Å². The Morgan fingerprint density at radius 3 is 2.79 bits per heavy atom. The number of morpholine rings is 1. The van der Waals surface area contributed by atoms with Crippen LogP contribution in [0.15, 0.2) is 28.6 Å². The number of rotatable bonds is 7. The number of benzene rings is 1. The van der Waals surface area contributed by atoms with Gasteiger partial charge in [0.2, 0.25) is 5.13 Å². The van der Waals surface area contributed by atoms with E-state index in [0.29, 0.717) is 5.75 Å². The highest BCUT2D eigenvalue weighted by atomic mass is 32.2. The van der Waals surface area contributed by atoms with E-state index in [1.54, 1.807) is 11.8 Å². The average Bonchev–Trinajstić information content (AvgIpc) is 3.04. The fourth-order valence-corrected chi connectivity index (χ4v) is 4.23. The molecule has 0 amide bonds. The first-order chi connectivity index (χ1) is 11.7. The van der Waals surface area contributed by atoms with Crippen molar-refractivity contribution in [2.24, 2.45) is 0 Å². The maximum absolute atomic E-state index is 10.2. The van der Waals surface area contributed by atoms with Crippen LogP contribution in [0.25, 0.3) is 0 Å². The van der Waals surface area contributed by atoms with Gasteiger partial charge >= 0.3 is 0 Å². The molecule has 0 spiro atoms. The number of thioether (sulfide) groups is 1. The normalized spacial score (nSPS) is 16.9. The van der Waals surface area contributed by atoms with Crippen LogP contribution < -0.4 is 10.2 Å². The fourth-order valence-electron chi connectivity index (χ4n) is 2.50. The molecule has 24 heavy (non-hydrogen) atoms. The Kier molecular flexibility index (Phi) is 6.44. The Bertz CT molecular complexity index is 629. The molecule has 130 valence electrons. The first-order valence-corrected chi connectivity index (χ1v) is 9.88. The molecule has 6 nitrogen and oxygen atoms in total. The molecule has 2 heterocycles. The number of ether oxygens (including phenoxy) is 1. The highest BCUT2D eigenvalue weighted by Gasteiger charge is 2.19. The van der Waals surface area contributed by atoms with E-state index < -0.39 is 0 Å². The molecule has 1 fully saturated rings. The molecule has 8 heteroatoms. The van der Waals surface area contributed by atoms with Crippen molar-refractivity contribution in [3.63, 3.8) is 0 Å². The smallest absolute Gasteiger partial charge is 0.210 e. The molecule has 0 bridgehead atoms. The van der Waals surface area contributed by atoms with Gasteiger partial charge in [0.05, 0.1) is 13.2 Å². The molecule has 1 aliphatic heterocycles. The maximum Gasteiger partial charge on any atom is 0.210 e. The Labute approximate surface area is 150 Å². The summed E-state index contributed by atoms with van der Waals surface area (Å²) < 4.78 is 6.21. The quantitative estimate of drug-likeness (QED) is 0.633. The Hall–Kier alpha value is -1.19. The summed E-state index contributed by atoms with van der Waals surface area (Å²) >= 11 is 3.07. The summed E-state index contributed by atoms with van der Waals surface area (Å²) in [6.07, 6.45) is -0.333. The van der Waals surface area contributed by atoms with Crippen molar-refractivity contribution >= 4 is 33.9 Å². The number of nitrogens with zero attached hydrogens (tertiary/aromatic N) is 2. The van der Waals surface area contributed by atoms with Crippen LogP contribution >= 0.6 is 23.1 Å². The first kappa shape index (κ1) is 17.6. The molecule has 1 aromatic heterocycles. The van der Waals surface area contributed by atoms with Gasteiger partial charge in [-0.1, -0.05) is 40.8 Å². The van der Waals surface area contributed by atoms with Gasteiger partial charge in [-0.3, -0.25) is 0 Å². The Morgan fingerprint density at radius 2 is 2.04 bits per heavy atom. The monoisotopic (exact) mass is 367 g/mol. The number of aromatic nitrogens is 2. The van der Waals surface area contributed by atoms with Gasteiger partial charge in [-0.15, -0.1) is 10.2 Å². The third kappa shape index (κ3) is 5.42. The van der Waals surface area contributed by atoms with Crippen molar-refractivity contribution in [3.8, 4) is 0 Å². The van der Waals surface area contributed by atoms with E-state index in [1.165, 1.54) is 21.8 Å². The lowest BCUT2D eigenvalue weighted by Gasteiger charge is -2.25. The van der Waals surface area contributed by atoms with Crippen LogP contribution in [-0.2, 0) is 4.74 Å². The van der Waals surface area contributed by atoms with E-state index >= 15 is 0 Å². The second-order valence-electron chi connectivity index (χ2n) is 5.90. The molecule has 0 unspecified atom stereocenters. The number of aliphatic hydroxyl groups is 1. The topological polar surface area (TPSA) is 71.7 Å². The molecule has 0 aliphatic carbocycles. The largest absolute Gasteiger partial charge is 0.386 e. The minimum Gasteiger partial charge on any atom is -0.386 e. The third-order valence-corrected chi connectivity index (χ3v) is 5.95. The van der Waals surface area contributed by atoms with E-state index in [9.17, 15) is 5.11 Å². The Balaban J connectivity index is 1.44. The summed E-state index contributed by atoms with van der Waals surface area (Å²) in [6, 6.07) is 8.17. The fraction of sp³-hybridized carbons (Fsp3) is 0.500. The zero-order valence-electron chi connectivity index (χ0n) is 13.7. The van der Waals surface area contributed by atoms with Crippen molar-refractivity contribution in [1.82, 2.24) is 10.2 Å². The predicted molar refractivity (Wildman–Crippen MR) is 97.5 cm³/mol. The summed E-state index contributed by atoms with van der Waals surface area (Å²) in [5.41, 5.74) is 2.23. The lowest BCUT2D eigenvalue weighted by atomic mass is 10.2. The summed E-state index contributed by atoms with van der Waals surface area (Å²) in [7, 11) is 0. The van der Waals surface area contributed by atoms with Crippen molar-refractivity contribution < 1.29 is 14.7 Å². The standard InChI is InChI=1S/C16H22N4O2S2/c1-12-2-4-13(5-3-12)17-15-18-19-16(24-15)23-11-14(21)10-20-6-8-22-9-7-20/h2-5,14,21H,6-11H2,1H3,(H,17,18)/p+1/t14-/m1/s1. The lowest BCUT2D eigenvalue weighted by molar-refractivity contribution is -0.910.